The quantitative estimate of drug-likeness (QED) is 0.626. The summed E-state index contributed by atoms with van der Waals surface area (Å²) in [5.41, 5.74) is 0. The van der Waals surface area contributed by atoms with Crippen molar-refractivity contribution < 1.29 is 9.59 Å². The number of hydrogen-bond acceptors (Lipinski definition) is 4. The van der Waals surface area contributed by atoms with Crippen LogP contribution in [0.25, 0.3) is 0 Å². The first-order valence-corrected chi connectivity index (χ1v) is 6.03. The lowest BCUT2D eigenvalue weighted by Gasteiger charge is -2.27. The van der Waals surface area contributed by atoms with Gasteiger partial charge in [0.05, 0.1) is 5.25 Å². The second-order valence-corrected chi connectivity index (χ2v) is 4.94. The van der Waals surface area contributed by atoms with Gasteiger partial charge in [-0.15, -0.1) is 11.8 Å². The number of imide groups is 1. The molecule has 0 spiro atoms. The summed E-state index contributed by atoms with van der Waals surface area (Å²) >= 11 is 1.59. The second kappa shape index (κ2) is 5.97. The van der Waals surface area contributed by atoms with E-state index in [1.54, 1.807) is 11.8 Å². The molecule has 1 aliphatic heterocycles. The van der Waals surface area contributed by atoms with Gasteiger partial charge in [0, 0.05) is 7.05 Å². The molecule has 0 aliphatic carbocycles. The van der Waals surface area contributed by atoms with Crippen LogP contribution in [0.3, 0.4) is 0 Å². The molecule has 0 radical (unpaired) electrons. The van der Waals surface area contributed by atoms with Crippen LogP contribution in [0.5, 0.6) is 0 Å². The van der Waals surface area contributed by atoms with Crippen molar-refractivity contribution in [1.82, 2.24) is 16.0 Å². The lowest BCUT2D eigenvalue weighted by atomic mass is 10.1. The van der Waals surface area contributed by atoms with Crippen LogP contribution in [0.15, 0.2) is 0 Å². The van der Waals surface area contributed by atoms with Crippen LogP contribution < -0.4 is 16.0 Å². The minimum absolute atomic E-state index is 0.178. The van der Waals surface area contributed by atoms with E-state index in [9.17, 15) is 9.59 Å². The zero-order valence-electron chi connectivity index (χ0n) is 9.00. The van der Waals surface area contributed by atoms with Gasteiger partial charge in [-0.25, -0.2) is 4.79 Å². The number of carbonyl (C=O) groups excluding carboxylic acids is 2. The zero-order chi connectivity index (χ0) is 11.3. The standard InChI is InChI=1S/C9H17N3O2S/c1-6(8(13)12-9(14)10-2)15-5-7-3-11-4-7/h6-7,11H,3-5H2,1-2H3,(H2,10,12,13,14). The number of hydrogen-bond donors (Lipinski definition) is 3. The van der Waals surface area contributed by atoms with Crippen molar-refractivity contribution in [2.24, 2.45) is 5.92 Å². The molecule has 1 rings (SSSR count). The summed E-state index contributed by atoms with van der Waals surface area (Å²) in [6, 6.07) is -0.447. The van der Waals surface area contributed by atoms with Crippen LogP contribution in [0.4, 0.5) is 4.79 Å². The fourth-order valence-corrected chi connectivity index (χ4v) is 2.11. The first-order valence-electron chi connectivity index (χ1n) is 4.98. The van der Waals surface area contributed by atoms with E-state index < -0.39 is 6.03 Å². The third kappa shape index (κ3) is 4.09. The maximum atomic E-state index is 11.4. The van der Waals surface area contributed by atoms with Gasteiger partial charge in [0.2, 0.25) is 5.91 Å². The molecule has 1 unspecified atom stereocenters. The van der Waals surface area contributed by atoms with Crippen LogP contribution in [-0.2, 0) is 4.79 Å². The highest BCUT2D eigenvalue weighted by atomic mass is 32.2. The molecule has 15 heavy (non-hydrogen) atoms. The van der Waals surface area contributed by atoms with Gasteiger partial charge in [-0.2, -0.15) is 0 Å². The summed E-state index contributed by atoms with van der Waals surface area (Å²) in [6.07, 6.45) is 0. The molecule has 3 N–H and O–H groups in total. The van der Waals surface area contributed by atoms with E-state index in [1.807, 2.05) is 6.92 Å². The number of rotatable bonds is 4. The topological polar surface area (TPSA) is 70.2 Å². The molecule has 1 fully saturated rings. The monoisotopic (exact) mass is 231 g/mol. The fourth-order valence-electron chi connectivity index (χ4n) is 1.10. The van der Waals surface area contributed by atoms with E-state index in [-0.39, 0.29) is 11.2 Å². The molecule has 0 aromatic heterocycles. The second-order valence-electron chi connectivity index (χ2n) is 3.57. The Morgan fingerprint density at radius 3 is 2.67 bits per heavy atom. The number of carbonyl (C=O) groups is 2. The Morgan fingerprint density at radius 1 is 1.53 bits per heavy atom. The van der Waals surface area contributed by atoms with E-state index in [0.29, 0.717) is 5.92 Å². The normalized spacial score (nSPS) is 17.7. The summed E-state index contributed by atoms with van der Waals surface area (Å²) in [7, 11) is 1.49. The summed E-state index contributed by atoms with van der Waals surface area (Å²) in [5.74, 6) is 1.41. The van der Waals surface area contributed by atoms with Crippen LogP contribution in [0.2, 0.25) is 0 Å². The molecule has 0 saturated carbocycles. The van der Waals surface area contributed by atoms with Crippen LogP contribution in [0.1, 0.15) is 6.92 Å². The minimum Gasteiger partial charge on any atom is -0.341 e. The predicted octanol–water partition coefficient (Wildman–Crippen LogP) is -0.217. The van der Waals surface area contributed by atoms with E-state index >= 15 is 0 Å². The van der Waals surface area contributed by atoms with Crippen LogP contribution >= 0.6 is 11.8 Å². The smallest absolute Gasteiger partial charge is 0.321 e. The number of amides is 3. The predicted molar refractivity (Wildman–Crippen MR) is 60.9 cm³/mol. The molecule has 86 valence electrons. The summed E-state index contributed by atoms with van der Waals surface area (Å²) in [5, 5.41) is 7.61. The molecule has 1 heterocycles. The van der Waals surface area contributed by atoms with E-state index in [2.05, 4.69) is 16.0 Å². The first-order chi connectivity index (χ1) is 7.13. The summed E-state index contributed by atoms with van der Waals surface area (Å²) < 4.78 is 0. The van der Waals surface area contributed by atoms with Crippen molar-refractivity contribution in [3.8, 4) is 0 Å². The highest BCUT2D eigenvalue weighted by molar-refractivity contribution is 8.00. The molecule has 6 heteroatoms. The maximum absolute atomic E-state index is 11.4. The van der Waals surface area contributed by atoms with Crippen LogP contribution in [0, 0.1) is 5.92 Å². The first kappa shape index (κ1) is 12.3. The maximum Gasteiger partial charge on any atom is 0.321 e. The van der Waals surface area contributed by atoms with Crippen molar-refractivity contribution in [3.63, 3.8) is 0 Å². The number of thioether (sulfide) groups is 1. The molecule has 1 atom stereocenters. The molecular formula is C9H17N3O2S. The Hall–Kier alpha value is -0.750. The molecule has 5 nitrogen and oxygen atoms in total. The summed E-state index contributed by atoms with van der Waals surface area (Å²) in [6.45, 7) is 3.89. The molecular weight excluding hydrogens is 214 g/mol. The molecule has 1 saturated heterocycles. The van der Waals surface area contributed by atoms with Gasteiger partial charge in [0.25, 0.3) is 0 Å². The summed E-state index contributed by atoms with van der Waals surface area (Å²) in [4.78, 5) is 22.3. The van der Waals surface area contributed by atoms with Gasteiger partial charge in [0.15, 0.2) is 0 Å². The van der Waals surface area contributed by atoms with Gasteiger partial charge in [-0.3, -0.25) is 10.1 Å². The van der Waals surface area contributed by atoms with Gasteiger partial charge in [-0.05, 0) is 31.7 Å². The van der Waals surface area contributed by atoms with E-state index in [4.69, 9.17) is 0 Å². The highest BCUT2D eigenvalue weighted by Gasteiger charge is 2.21. The lowest BCUT2D eigenvalue weighted by molar-refractivity contribution is -0.119. The third-order valence-electron chi connectivity index (χ3n) is 2.28. The Morgan fingerprint density at radius 2 is 2.20 bits per heavy atom. The van der Waals surface area contributed by atoms with Crippen molar-refractivity contribution >= 4 is 23.7 Å². The Labute approximate surface area is 93.7 Å². The molecule has 3 amide bonds. The van der Waals surface area contributed by atoms with Crippen molar-refractivity contribution in [3.05, 3.63) is 0 Å². The largest absolute Gasteiger partial charge is 0.341 e. The average Bonchev–Trinajstić information content (AvgIpc) is 2.14. The molecule has 1 aliphatic rings. The van der Waals surface area contributed by atoms with Gasteiger partial charge >= 0.3 is 6.03 Å². The molecule has 0 bridgehead atoms. The average molecular weight is 231 g/mol. The SMILES string of the molecule is CNC(=O)NC(=O)C(C)SCC1CNC1. The lowest BCUT2D eigenvalue weighted by Crippen LogP contribution is -2.44. The minimum atomic E-state index is -0.447. The van der Waals surface area contributed by atoms with Gasteiger partial charge in [0.1, 0.15) is 0 Å². The van der Waals surface area contributed by atoms with E-state index in [1.165, 1.54) is 7.05 Å². The molecule has 0 aromatic carbocycles. The number of nitrogens with one attached hydrogen (secondary N) is 3. The van der Waals surface area contributed by atoms with Crippen molar-refractivity contribution in [1.29, 1.82) is 0 Å². The Bertz CT molecular complexity index is 244. The van der Waals surface area contributed by atoms with Crippen LogP contribution in [-0.4, -0.2) is 43.1 Å². The van der Waals surface area contributed by atoms with E-state index in [0.717, 1.165) is 18.8 Å². The fraction of sp³-hybridized carbons (Fsp3) is 0.778. The van der Waals surface area contributed by atoms with Crippen molar-refractivity contribution in [2.75, 3.05) is 25.9 Å². The number of urea groups is 1. The zero-order valence-corrected chi connectivity index (χ0v) is 9.82. The Balaban J connectivity index is 2.16. The highest BCUT2D eigenvalue weighted by Crippen LogP contribution is 2.17. The Kier molecular flexibility index (Phi) is 4.90. The third-order valence-corrected chi connectivity index (χ3v) is 3.66. The molecule has 0 aromatic rings. The van der Waals surface area contributed by atoms with Gasteiger partial charge in [-0.1, -0.05) is 0 Å². The van der Waals surface area contributed by atoms with Gasteiger partial charge < -0.3 is 10.6 Å². The van der Waals surface area contributed by atoms with Crippen molar-refractivity contribution in [2.45, 2.75) is 12.2 Å².